The molecule has 0 aliphatic rings. The lowest BCUT2D eigenvalue weighted by atomic mass is 9.78. The Bertz CT molecular complexity index is 994. The molecule has 0 aliphatic heterocycles. The molecule has 1 N–H and O–H groups in total. The van der Waals surface area contributed by atoms with Gasteiger partial charge in [-0.15, -0.1) is 0 Å². The quantitative estimate of drug-likeness (QED) is 0.0386. The average molecular weight is 719 g/mol. The van der Waals surface area contributed by atoms with Crippen LogP contribution in [0.5, 0.6) is 5.75 Å². The number of carbonyl (C=O) groups is 2. The van der Waals surface area contributed by atoms with E-state index in [1.54, 1.807) is 0 Å². The Labute approximate surface area is 311 Å². The van der Waals surface area contributed by atoms with Crippen LogP contribution < -0.4 is 5.11 Å². The lowest BCUT2D eigenvalue weighted by Gasteiger charge is -2.29. The normalized spacial score (nSPS) is 12.8. The minimum atomic E-state index is -1.40. The van der Waals surface area contributed by atoms with Crippen LogP contribution in [0.4, 0.5) is 0 Å². The zero-order valence-electron chi connectivity index (χ0n) is 33.9. The molecule has 0 aromatic heterocycles. The molecule has 0 amide bonds. The third-order valence-corrected chi connectivity index (χ3v) is 12.8. The van der Waals surface area contributed by atoms with E-state index in [1.807, 2.05) is 0 Å². The number of carboxylic acid groups (broad SMARTS) is 1. The van der Waals surface area contributed by atoms with Gasteiger partial charge in [-0.3, -0.25) is 4.79 Å². The van der Waals surface area contributed by atoms with E-state index in [-0.39, 0.29) is 33.6 Å². The number of esters is 1. The molecule has 0 saturated carbocycles. The SMILES string of the molecule is CCCCCCCCCCCC[S+](CCCCCCCCCCCC)C(COC(=O)CC(=O)[O-])Cc1cc(C(C)(C)C)c(O)c(C(C)(C)C)c1. The van der Waals surface area contributed by atoms with Crippen LogP contribution in [0.3, 0.4) is 0 Å². The van der Waals surface area contributed by atoms with Crippen molar-refractivity contribution < 1.29 is 24.5 Å². The third-order valence-electron chi connectivity index (χ3n) is 9.96. The van der Waals surface area contributed by atoms with Crippen molar-refractivity contribution in [3.63, 3.8) is 0 Å². The molecule has 50 heavy (non-hydrogen) atoms. The highest BCUT2D eigenvalue weighted by Gasteiger charge is 2.33. The maximum atomic E-state index is 12.5. The number of aromatic hydroxyl groups is 1. The summed E-state index contributed by atoms with van der Waals surface area (Å²) in [5, 5.41) is 22.6. The van der Waals surface area contributed by atoms with E-state index in [0.29, 0.717) is 5.75 Å². The number of phenols is 1. The zero-order chi connectivity index (χ0) is 37.4. The summed E-state index contributed by atoms with van der Waals surface area (Å²) in [6.45, 7) is 17.6. The van der Waals surface area contributed by atoms with Crippen LogP contribution in [0.15, 0.2) is 12.1 Å². The highest BCUT2D eigenvalue weighted by molar-refractivity contribution is 7.97. The lowest BCUT2D eigenvalue weighted by Crippen LogP contribution is -2.35. The van der Waals surface area contributed by atoms with Crippen molar-refractivity contribution in [3.8, 4) is 5.75 Å². The van der Waals surface area contributed by atoms with Crippen molar-refractivity contribution >= 4 is 22.8 Å². The first-order chi connectivity index (χ1) is 23.7. The van der Waals surface area contributed by atoms with E-state index in [4.69, 9.17) is 4.74 Å². The van der Waals surface area contributed by atoms with Crippen molar-refractivity contribution in [2.45, 2.75) is 213 Å². The molecule has 0 saturated heterocycles. The summed E-state index contributed by atoms with van der Waals surface area (Å²) in [6.07, 6.45) is 26.1. The summed E-state index contributed by atoms with van der Waals surface area (Å²) in [7, 11) is 0.0192. The van der Waals surface area contributed by atoms with Crippen molar-refractivity contribution in [2.24, 2.45) is 0 Å². The van der Waals surface area contributed by atoms with Crippen LogP contribution in [0.1, 0.15) is 207 Å². The summed E-state index contributed by atoms with van der Waals surface area (Å²) in [5.41, 5.74) is 2.57. The van der Waals surface area contributed by atoms with Gasteiger partial charge in [0.1, 0.15) is 23.9 Å². The monoisotopic (exact) mass is 719 g/mol. The van der Waals surface area contributed by atoms with E-state index in [0.717, 1.165) is 34.6 Å². The second-order valence-electron chi connectivity index (χ2n) is 16.9. The smallest absolute Gasteiger partial charge is 0.311 e. The van der Waals surface area contributed by atoms with E-state index in [9.17, 15) is 19.8 Å². The summed E-state index contributed by atoms with van der Waals surface area (Å²) in [6, 6.07) is 4.31. The van der Waals surface area contributed by atoms with Gasteiger partial charge in [-0.25, -0.2) is 0 Å². The summed E-state index contributed by atoms with van der Waals surface area (Å²) >= 11 is 0. The minimum Gasteiger partial charge on any atom is -0.550 e. The number of phenolic OH excluding ortho intramolecular Hbond substituents is 1. The Morgan fingerprint density at radius 3 is 1.36 bits per heavy atom. The number of hydrogen-bond donors (Lipinski definition) is 1. The fourth-order valence-electron chi connectivity index (χ4n) is 6.83. The molecule has 0 fully saturated rings. The standard InChI is InChI=1S/C44H78O5S/c1-9-11-13-15-17-19-21-23-25-27-29-50(30-28-26-24-22-20-18-16-14-12-10-2)37(35-49-41(47)34-40(45)46)31-36-32-38(43(3,4)5)42(48)39(33-36)44(6,7)8/h32-33,37H,9-31,34-35H2,1-8H3,(H-,45,46,48). The number of carbonyl (C=O) groups excluding carboxylic acids is 2. The fraction of sp³-hybridized carbons (Fsp3) is 0.818. The van der Waals surface area contributed by atoms with Gasteiger partial charge in [0, 0.05) is 6.42 Å². The Kier molecular flexibility index (Phi) is 24.2. The van der Waals surface area contributed by atoms with Crippen LogP contribution in [0, 0.1) is 0 Å². The number of hydrogen-bond acceptors (Lipinski definition) is 5. The van der Waals surface area contributed by atoms with Gasteiger partial charge in [-0.2, -0.15) is 0 Å². The minimum absolute atomic E-state index is 0.0192. The van der Waals surface area contributed by atoms with Gasteiger partial charge < -0.3 is 19.7 Å². The summed E-state index contributed by atoms with van der Waals surface area (Å²) in [4.78, 5) is 23.6. The van der Waals surface area contributed by atoms with Crippen molar-refractivity contribution in [2.75, 3.05) is 18.1 Å². The van der Waals surface area contributed by atoms with E-state index in [2.05, 4.69) is 67.5 Å². The van der Waals surface area contributed by atoms with E-state index in [1.165, 1.54) is 128 Å². The van der Waals surface area contributed by atoms with Gasteiger partial charge in [0.15, 0.2) is 5.25 Å². The predicted octanol–water partition coefficient (Wildman–Crippen LogP) is 11.0. The maximum absolute atomic E-state index is 12.5. The van der Waals surface area contributed by atoms with Gasteiger partial charge in [-0.1, -0.05) is 170 Å². The third kappa shape index (κ3) is 21.0. The highest BCUT2D eigenvalue weighted by Crippen LogP contribution is 2.40. The molecule has 1 atom stereocenters. The van der Waals surface area contributed by atoms with Gasteiger partial charge in [0.2, 0.25) is 0 Å². The van der Waals surface area contributed by atoms with Gasteiger partial charge >= 0.3 is 5.97 Å². The van der Waals surface area contributed by atoms with Crippen LogP contribution in [0.25, 0.3) is 0 Å². The molecular weight excluding hydrogens is 641 g/mol. The summed E-state index contributed by atoms with van der Waals surface area (Å²) in [5.74, 6) is 0.498. The first kappa shape index (κ1) is 46.3. The van der Waals surface area contributed by atoms with Crippen LogP contribution >= 0.6 is 0 Å². The Morgan fingerprint density at radius 2 is 1.02 bits per heavy atom. The second-order valence-corrected chi connectivity index (χ2v) is 19.5. The predicted molar refractivity (Wildman–Crippen MR) is 214 cm³/mol. The molecule has 5 nitrogen and oxygen atoms in total. The molecular formula is C44H78O5S. The van der Waals surface area contributed by atoms with Gasteiger partial charge in [-0.05, 0) is 64.1 Å². The average Bonchev–Trinajstić information content (AvgIpc) is 3.03. The lowest BCUT2D eigenvalue weighted by molar-refractivity contribution is -0.305. The summed E-state index contributed by atoms with van der Waals surface area (Å²) < 4.78 is 5.68. The Balaban J connectivity index is 3.13. The molecule has 6 heteroatoms. The van der Waals surface area contributed by atoms with E-state index >= 15 is 0 Å². The van der Waals surface area contributed by atoms with Crippen LogP contribution in [-0.2, 0) is 42.5 Å². The zero-order valence-corrected chi connectivity index (χ0v) is 34.7. The largest absolute Gasteiger partial charge is 0.550 e. The first-order valence-corrected chi connectivity index (χ1v) is 22.2. The molecule has 1 aromatic rings. The van der Waals surface area contributed by atoms with Crippen LogP contribution in [-0.4, -0.2) is 40.4 Å². The number of carboxylic acids is 1. The molecule has 290 valence electrons. The molecule has 0 heterocycles. The van der Waals surface area contributed by atoms with Crippen molar-refractivity contribution in [1.82, 2.24) is 0 Å². The Hall–Kier alpha value is -1.69. The van der Waals surface area contributed by atoms with Crippen LogP contribution in [0.2, 0.25) is 0 Å². The molecule has 1 rings (SSSR count). The fourth-order valence-corrected chi connectivity index (χ4v) is 9.54. The molecule has 0 bridgehead atoms. The van der Waals surface area contributed by atoms with Crippen molar-refractivity contribution in [1.29, 1.82) is 0 Å². The van der Waals surface area contributed by atoms with Gasteiger partial charge in [0.05, 0.1) is 12.4 Å². The number of ether oxygens (including phenoxy) is 1. The second kappa shape index (κ2) is 26.1. The number of benzene rings is 1. The number of rotatable bonds is 29. The number of unbranched alkanes of at least 4 members (excludes halogenated alkanes) is 18. The van der Waals surface area contributed by atoms with E-state index < -0.39 is 18.4 Å². The molecule has 0 radical (unpaired) electrons. The molecule has 1 unspecified atom stereocenters. The first-order valence-electron chi connectivity index (χ1n) is 20.6. The van der Waals surface area contributed by atoms with Crippen molar-refractivity contribution in [3.05, 3.63) is 28.8 Å². The molecule has 0 spiro atoms. The maximum Gasteiger partial charge on any atom is 0.311 e. The Morgan fingerprint density at radius 1 is 0.660 bits per heavy atom. The topological polar surface area (TPSA) is 86.7 Å². The van der Waals surface area contributed by atoms with Gasteiger partial charge in [0.25, 0.3) is 0 Å². The number of aliphatic carboxylic acids is 1. The highest BCUT2D eigenvalue weighted by atomic mass is 32.2. The molecule has 0 aliphatic carbocycles. The molecule has 1 aromatic carbocycles.